The summed E-state index contributed by atoms with van der Waals surface area (Å²) in [5.41, 5.74) is 1.48. The van der Waals surface area contributed by atoms with Crippen LogP contribution in [0.1, 0.15) is 30.2 Å². The van der Waals surface area contributed by atoms with Crippen LogP contribution in [0.3, 0.4) is 0 Å². The molecule has 1 amide bonds. The summed E-state index contributed by atoms with van der Waals surface area (Å²) in [5.74, 6) is -0.406. The molecule has 1 aliphatic rings. The van der Waals surface area contributed by atoms with Gasteiger partial charge in [-0.15, -0.1) is 5.10 Å². The Kier molecular flexibility index (Phi) is 5.80. The predicted octanol–water partition coefficient (Wildman–Crippen LogP) is 0.852. The number of aromatic nitrogens is 4. The fourth-order valence-corrected chi connectivity index (χ4v) is 3.03. The fraction of sp³-hybridized carbons (Fsp3) is 0.500. The van der Waals surface area contributed by atoms with Gasteiger partial charge in [-0.1, -0.05) is 12.1 Å². The SMILES string of the molecule is CCN1CCN(C(=O)C(C)n2cc(-c3ccc(C(=O)OC)cn3)nn2)CC1. The highest BCUT2D eigenvalue weighted by molar-refractivity contribution is 5.89. The lowest BCUT2D eigenvalue weighted by Crippen LogP contribution is -2.50. The molecule has 0 N–H and O–H groups in total. The number of ether oxygens (including phenoxy) is 1. The van der Waals surface area contributed by atoms with Crippen molar-refractivity contribution in [2.45, 2.75) is 19.9 Å². The second-order valence-corrected chi connectivity index (χ2v) is 6.44. The Morgan fingerprint density at radius 3 is 2.52 bits per heavy atom. The number of nitrogens with zero attached hydrogens (tertiary/aromatic N) is 6. The maximum atomic E-state index is 12.7. The van der Waals surface area contributed by atoms with Crippen LogP contribution in [0.15, 0.2) is 24.5 Å². The van der Waals surface area contributed by atoms with Gasteiger partial charge in [0.2, 0.25) is 5.91 Å². The van der Waals surface area contributed by atoms with Crippen molar-refractivity contribution in [1.29, 1.82) is 0 Å². The third kappa shape index (κ3) is 4.13. The number of likely N-dealkylation sites (N-methyl/N-ethyl adjacent to an activating group) is 1. The van der Waals surface area contributed by atoms with Gasteiger partial charge in [-0.05, 0) is 25.6 Å². The first-order chi connectivity index (χ1) is 13.0. The van der Waals surface area contributed by atoms with Crippen LogP contribution in [0.2, 0.25) is 0 Å². The molecule has 0 bridgehead atoms. The molecule has 27 heavy (non-hydrogen) atoms. The summed E-state index contributed by atoms with van der Waals surface area (Å²) in [4.78, 5) is 32.7. The van der Waals surface area contributed by atoms with Gasteiger partial charge in [-0.2, -0.15) is 0 Å². The van der Waals surface area contributed by atoms with Crippen molar-refractivity contribution >= 4 is 11.9 Å². The van der Waals surface area contributed by atoms with Crippen LogP contribution in [-0.2, 0) is 9.53 Å². The van der Waals surface area contributed by atoms with E-state index >= 15 is 0 Å². The number of pyridine rings is 1. The summed E-state index contributed by atoms with van der Waals surface area (Å²) in [6.45, 7) is 8.21. The lowest BCUT2D eigenvalue weighted by molar-refractivity contribution is -0.136. The number of hydrogen-bond acceptors (Lipinski definition) is 7. The molecule has 1 saturated heterocycles. The molecule has 1 aliphatic heterocycles. The maximum Gasteiger partial charge on any atom is 0.339 e. The van der Waals surface area contributed by atoms with Crippen LogP contribution in [0, 0.1) is 0 Å². The van der Waals surface area contributed by atoms with E-state index in [1.165, 1.54) is 13.3 Å². The quantitative estimate of drug-likeness (QED) is 0.718. The molecular weight excluding hydrogens is 348 g/mol. The molecule has 144 valence electrons. The zero-order valence-electron chi connectivity index (χ0n) is 15.8. The van der Waals surface area contributed by atoms with E-state index in [9.17, 15) is 9.59 Å². The van der Waals surface area contributed by atoms with E-state index in [0.29, 0.717) is 17.0 Å². The van der Waals surface area contributed by atoms with Crippen LogP contribution in [-0.4, -0.2) is 81.5 Å². The van der Waals surface area contributed by atoms with Crippen molar-refractivity contribution in [1.82, 2.24) is 29.8 Å². The van der Waals surface area contributed by atoms with E-state index in [4.69, 9.17) is 0 Å². The van der Waals surface area contributed by atoms with E-state index in [1.807, 2.05) is 11.8 Å². The largest absolute Gasteiger partial charge is 0.465 e. The molecule has 1 atom stereocenters. The highest BCUT2D eigenvalue weighted by atomic mass is 16.5. The smallest absolute Gasteiger partial charge is 0.339 e. The molecule has 0 aliphatic carbocycles. The lowest BCUT2D eigenvalue weighted by atomic mass is 10.2. The van der Waals surface area contributed by atoms with Gasteiger partial charge in [0.25, 0.3) is 0 Å². The van der Waals surface area contributed by atoms with E-state index in [-0.39, 0.29) is 5.91 Å². The number of carbonyl (C=O) groups is 2. The van der Waals surface area contributed by atoms with Crippen molar-refractivity contribution in [2.24, 2.45) is 0 Å². The minimum atomic E-state index is -0.444. The van der Waals surface area contributed by atoms with E-state index in [2.05, 4.69) is 31.9 Å². The van der Waals surface area contributed by atoms with Gasteiger partial charge < -0.3 is 14.5 Å². The number of rotatable bonds is 5. The van der Waals surface area contributed by atoms with Crippen LogP contribution >= 0.6 is 0 Å². The minimum absolute atomic E-state index is 0.0381. The molecule has 0 radical (unpaired) electrons. The molecule has 3 rings (SSSR count). The molecule has 1 fully saturated rings. The van der Waals surface area contributed by atoms with Crippen molar-refractivity contribution < 1.29 is 14.3 Å². The molecule has 0 aromatic carbocycles. The Morgan fingerprint density at radius 2 is 1.93 bits per heavy atom. The summed E-state index contributed by atoms with van der Waals surface area (Å²) in [7, 11) is 1.32. The normalized spacial score (nSPS) is 16.2. The molecule has 0 saturated carbocycles. The highest BCUT2D eigenvalue weighted by Crippen LogP contribution is 2.17. The lowest BCUT2D eigenvalue weighted by Gasteiger charge is -2.35. The van der Waals surface area contributed by atoms with E-state index in [1.54, 1.807) is 23.0 Å². The molecule has 2 aromatic heterocycles. The molecule has 2 aromatic rings. The van der Waals surface area contributed by atoms with Gasteiger partial charge in [0.15, 0.2) is 0 Å². The Bertz CT molecular complexity index is 796. The summed E-state index contributed by atoms with van der Waals surface area (Å²) >= 11 is 0. The zero-order valence-corrected chi connectivity index (χ0v) is 15.8. The van der Waals surface area contributed by atoms with E-state index < -0.39 is 12.0 Å². The second kappa shape index (κ2) is 8.26. The third-order valence-electron chi connectivity index (χ3n) is 4.84. The van der Waals surface area contributed by atoms with Crippen LogP contribution < -0.4 is 0 Å². The van der Waals surface area contributed by atoms with Crippen LogP contribution in [0.5, 0.6) is 0 Å². The molecule has 3 heterocycles. The minimum Gasteiger partial charge on any atom is -0.465 e. The predicted molar refractivity (Wildman–Crippen MR) is 98.0 cm³/mol. The first-order valence-electron chi connectivity index (χ1n) is 9.01. The van der Waals surface area contributed by atoms with Crippen LogP contribution in [0.25, 0.3) is 11.4 Å². The van der Waals surface area contributed by atoms with Crippen LogP contribution in [0.4, 0.5) is 0 Å². The Balaban J connectivity index is 1.67. The number of carbonyl (C=O) groups excluding carboxylic acids is 2. The third-order valence-corrected chi connectivity index (χ3v) is 4.84. The standard InChI is InChI=1S/C18H24N6O3/c1-4-22-7-9-23(10-8-22)17(25)13(2)24-12-16(20-21-24)15-6-5-14(11-19-15)18(26)27-3/h5-6,11-13H,4,7-10H2,1-3H3. The molecule has 0 spiro atoms. The first-order valence-corrected chi connectivity index (χ1v) is 9.01. The molecule has 9 heteroatoms. The Labute approximate surface area is 157 Å². The van der Waals surface area contributed by atoms with Gasteiger partial charge in [0, 0.05) is 32.4 Å². The summed E-state index contributed by atoms with van der Waals surface area (Å²) < 4.78 is 6.21. The Hall–Kier alpha value is -2.81. The average molecular weight is 372 g/mol. The van der Waals surface area contributed by atoms with Gasteiger partial charge in [-0.25, -0.2) is 9.48 Å². The van der Waals surface area contributed by atoms with Gasteiger partial charge in [0.05, 0.1) is 24.6 Å². The summed E-state index contributed by atoms with van der Waals surface area (Å²) in [5, 5.41) is 8.20. The topological polar surface area (TPSA) is 93.5 Å². The number of piperazine rings is 1. The van der Waals surface area contributed by atoms with E-state index in [0.717, 1.165) is 32.7 Å². The number of amides is 1. The number of hydrogen-bond donors (Lipinski definition) is 0. The number of methoxy groups -OCH3 is 1. The average Bonchev–Trinajstić information content (AvgIpc) is 3.22. The fourth-order valence-electron chi connectivity index (χ4n) is 3.03. The zero-order chi connectivity index (χ0) is 19.4. The van der Waals surface area contributed by atoms with Crippen molar-refractivity contribution in [2.75, 3.05) is 39.8 Å². The van der Waals surface area contributed by atoms with Gasteiger partial charge in [-0.3, -0.25) is 9.78 Å². The molecular formula is C18H24N6O3. The number of esters is 1. The monoisotopic (exact) mass is 372 g/mol. The molecule has 1 unspecified atom stereocenters. The first kappa shape index (κ1) is 19.0. The van der Waals surface area contributed by atoms with Gasteiger partial charge in [0.1, 0.15) is 11.7 Å². The summed E-state index contributed by atoms with van der Waals surface area (Å²) in [6, 6.07) is 2.86. The molecule has 9 nitrogen and oxygen atoms in total. The van der Waals surface area contributed by atoms with Gasteiger partial charge >= 0.3 is 5.97 Å². The summed E-state index contributed by atoms with van der Waals surface area (Å²) in [6.07, 6.45) is 3.13. The van der Waals surface area contributed by atoms with Crippen molar-refractivity contribution in [3.8, 4) is 11.4 Å². The Morgan fingerprint density at radius 1 is 1.19 bits per heavy atom. The van der Waals surface area contributed by atoms with Crippen molar-refractivity contribution in [3.05, 3.63) is 30.1 Å². The highest BCUT2D eigenvalue weighted by Gasteiger charge is 2.26. The van der Waals surface area contributed by atoms with Crippen molar-refractivity contribution in [3.63, 3.8) is 0 Å². The second-order valence-electron chi connectivity index (χ2n) is 6.44. The maximum absolute atomic E-state index is 12.7.